The molecule has 0 N–H and O–H groups in total. The summed E-state index contributed by atoms with van der Waals surface area (Å²) in [7, 11) is 0. The van der Waals surface area contributed by atoms with Gasteiger partial charge in [-0.25, -0.2) is 8.78 Å². The Hall–Kier alpha value is 0.180. The van der Waals surface area contributed by atoms with Crippen LogP contribution in [-0.4, -0.2) is 6.43 Å². The van der Waals surface area contributed by atoms with E-state index in [2.05, 4.69) is 0 Å². The van der Waals surface area contributed by atoms with E-state index in [4.69, 9.17) is 23.2 Å². The lowest BCUT2D eigenvalue weighted by atomic mass is 10.7. The van der Waals surface area contributed by atoms with Crippen LogP contribution in [0.2, 0.25) is 0 Å². The molecule has 0 aromatic carbocycles. The molecule has 0 aromatic heterocycles. The van der Waals surface area contributed by atoms with Crippen molar-refractivity contribution in [1.29, 1.82) is 0 Å². The molecule has 0 heterocycles. The quantitative estimate of drug-likeness (QED) is 0.534. The van der Waals surface area contributed by atoms with Crippen LogP contribution in [0.25, 0.3) is 0 Å². The van der Waals surface area contributed by atoms with E-state index >= 15 is 0 Å². The maximum Gasteiger partial charge on any atom is 0.275 e. The summed E-state index contributed by atoms with van der Waals surface area (Å²) in [6.45, 7) is 0. The molecule has 0 atom stereocenters. The van der Waals surface area contributed by atoms with Crippen LogP contribution < -0.4 is 0 Å². The van der Waals surface area contributed by atoms with Crippen molar-refractivity contribution in [2.75, 3.05) is 0 Å². The second-order valence-electron chi connectivity index (χ2n) is 0.795. The average molecular weight is 147 g/mol. The monoisotopic (exact) mass is 146 g/mol. The van der Waals surface area contributed by atoms with Gasteiger partial charge in [-0.3, -0.25) is 0 Å². The second-order valence-corrected chi connectivity index (χ2v) is 1.45. The zero-order valence-corrected chi connectivity index (χ0v) is 4.68. The first-order valence-corrected chi connectivity index (χ1v) is 2.24. The Labute approximate surface area is 49.7 Å². The van der Waals surface area contributed by atoms with Gasteiger partial charge in [-0.05, 0) is 0 Å². The third-order valence-electron chi connectivity index (χ3n) is 0.313. The number of hydrogen-bond acceptors (Lipinski definition) is 0. The predicted molar refractivity (Wildman–Crippen MR) is 25.8 cm³/mol. The zero-order chi connectivity index (χ0) is 5.86. The standard InChI is InChI=1S/C3H2Cl2F2/c4-1-2(5)3(6)7/h1,3H. The molecule has 7 heavy (non-hydrogen) atoms. The molecule has 42 valence electrons. The second kappa shape index (κ2) is 3.22. The van der Waals surface area contributed by atoms with Gasteiger partial charge >= 0.3 is 0 Å². The van der Waals surface area contributed by atoms with Crippen LogP contribution in [-0.2, 0) is 0 Å². The summed E-state index contributed by atoms with van der Waals surface area (Å²) >= 11 is 9.55. The van der Waals surface area contributed by atoms with Crippen LogP contribution in [0.1, 0.15) is 0 Å². The fourth-order valence-corrected chi connectivity index (χ4v) is 0.143. The summed E-state index contributed by atoms with van der Waals surface area (Å²) in [5.74, 6) is 0. The zero-order valence-electron chi connectivity index (χ0n) is 3.17. The van der Waals surface area contributed by atoms with Gasteiger partial charge in [-0.2, -0.15) is 0 Å². The van der Waals surface area contributed by atoms with E-state index in [0.29, 0.717) is 5.54 Å². The maximum absolute atomic E-state index is 11.1. The lowest BCUT2D eigenvalue weighted by molar-refractivity contribution is 0.199. The molecule has 0 bridgehead atoms. The van der Waals surface area contributed by atoms with Gasteiger partial charge < -0.3 is 0 Å². The van der Waals surface area contributed by atoms with Crippen LogP contribution >= 0.6 is 23.2 Å². The van der Waals surface area contributed by atoms with Crippen molar-refractivity contribution in [3.05, 3.63) is 10.6 Å². The normalized spacial score (nSPS) is 13.0. The summed E-state index contributed by atoms with van der Waals surface area (Å²) in [5, 5.41) is -0.623. The van der Waals surface area contributed by atoms with Gasteiger partial charge in [0, 0.05) is 5.54 Å². The molecule has 0 fully saturated rings. The van der Waals surface area contributed by atoms with E-state index in [1.807, 2.05) is 0 Å². The molecule has 0 aliphatic carbocycles. The predicted octanol–water partition coefficient (Wildman–Crippen LogP) is 2.57. The third kappa shape index (κ3) is 2.83. The van der Waals surface area contributed by atoms with Gasteiger partial charge in [-0.1, -0.05) is 23.2 Å². The first-order valence-electron chi connectivity index (χ1n) is 1.42. The molecule has 0 spiro atoms. The lowest BCUT2D eigenvalue weighted by Crippen LogP contribution is -1.85. The van der Waals surface area contributed by atoms with E-state index in [0.717, 1.165) is 0 Å². The lowest BCUT2D eigenvalue weighted by Gasteiger charge is -1.88. The van der Waals surface area contributed by atoms with Crippen LogP contribution in [0, 0.1) is 0 Å². The number of rotatable bonds is 1. The minimum atomic E-state index is -2.64. The highest BCUT2D eigenvalue weighted by atomic mass is 35.5. The Morgan fingerprint density at radius 2 is 2.00 bits per heavy atom. The van der Waals surface area contributed by atoms with Crippen LogP contribution in [0.4, 0.5) is 8.78 Å². The largest absolute Gasteiger partial charge is 0.275 e. The summed E-state index contributed by atoms with van der Waals surface area (Å²) < 4.78 is 22.3. The van der Waals surface area contributed by atoms with Crippen molar-refractivity contribution in [1.82, 2.24) is 0 Å². The average Bonchev–Trinajstić information content (AvgIpc) is 1.65. The molecule has 0 unspecified atom stereocenters. The van der Waals surface area contributed by atoms with Gasteiger partial charge in [0.25, 0.3) is 6.43 Å². The topological polar surface area (TPSA) is 0 Å². The fraction of sp³-hybridized carbons (Fsp3) is 0.333. The molecule has 0 saturated carbocycles. The van der Waals surface area contributed by atoms with E-state index < -0.39 is 11.5 Å². The van der Waals surface area contributed by atoms with E-state index in [1.165, 1.54) is 0 Å². The first-order chi connectivity index (χ1) is 3.18. The van der Waals surface area contributed by atoms with Gasteiger partial charge in [0.05, 0.1) is 5.03 Å². The van der Waals surface area contributed by atoms with Gasteiger partial charge in [0.1, 0.15) is 0 Å². The number of halogens is 4. The molecule has 4 heteroatoms. The van der Waals surface area contributed by atoms with Crippen molar-refractivity contribution >= 4 is 23.2 Å². The molecule has 0 radical (unpaired) electrons. The smallest absolute Gasteiger partial charge is 0.204 e. The van der Waals surface area contributed by atoms with Crippen LogP contribution in [0.5, 0.6) is 0 Å². The third-order valence-corrected chi connectivity index (χ3v) is 0.934. The molecule has 0 aliphatic heterocycles. The molecule has 0 aromatic rings. The molecule has 0 saturated heterocycles. The Balaban J connectivity index is 3.56. The molecule has 0 aliphatic rings. The first kappa shape index (κ1) is 7.18. The molecule has 0 nitrogen and oxygen atoms in total. The summed E-state index contributed by atoms with van der Waals surface area (Å²) in [6.07, 6.45) is -2.64. The van der Waals surface area contributed by atoms with E-state index in [9.17, 15) is 8.78 Å². The SMILES string of the molecule is FC(F)C(Cl)=CCl. The summed E-state index contributed by atoms with van der Waals surface area (Å²) in [4.78, 5) is 0. The van der Waals surface area contributed by atoms with Crippen molar-refractivity contribution in [3.63, 3.8) is 0 Å². The highest BCUT2D eigenvalue weighted by Gasteiger charge is 2.04. The fourth-order valence-electron chi connectivity index (χ4n) is 0.0476. The minimum Gasteiger partial charge on any atom is -0.204 e. The highest BCUT2D eigenvalue weighted by Crippen LogP contribution is 2.12. The summed E-state index contributed by atoms with van der Waals surface area (Å²) in [6, 6.07) is 0. The Kier molecular flexibility index (Phi) is 3.30. The van der Waals surface area contributed by atoms with E-state index in [-0.39, 0.29) is 0 Å². The number of hydrogen-bond donors (Lipinski definition) is 0. The maximum atomic E-state index is 11.1. The van der Waals surface area contributed by atoms with Crippen molar-refractivity contribution in [2.24, 2.45) is 0 Å². The Morgan fingerprint density at radius 1 is 1.57 bits per heavy atom. The van der Waals surface area contributed by atoms with Crippen LogP contribution in [0.3, 0.4) is 0 Å². The molecule has 0 amide bonds. The van der Waals surface area contributed by atoms with Gasteiger partial charge in [0.2, 0.25) is 0 Å². The summed E-state index contributed by atoms with van der Waals surface area (Å²) in [5.41, 5.74) is 0.645. The molecular weight excluding hydrogens is 145 g/mol. The minimum absolute atomic E-state index is 0.623. The van der Waals surface area contributed by atoms with Crippen molar-refractivity contribution in [2.45, 2.75) is 6.43 Å². The van der Waals surface area contributed by atoms with Crippen molar-refractivity contribution in [3.8, 4) is 0 Å². The molecule has 0 rings (SSSR count). The Morgan fingerprint density at radius 3 is 2.00 bits per heavy atom. The highest BCUT2D eigenvalue weighted by molar-refractivity contribution is 6.36. The number of alkyl halides is 2. The van der Waals surface area contributed by atoms with Gasteiger partial charge in [0.15, 0.2) is 0 Å². The van der Waals surface area contributed by atoms with Crippen molar-refractivity contribution < 1.29 is 8.78 Å². The molecular formula is C3H2Cl2F2. The van der Waals surface area contributed by atoms with E-state index in [1.54, 1.807) is 0 Å². The Bertz CT molecular complexity index is 79.0. The van der Waals surface area contributed by atoms with Gasteiger partial charge in [-0.15, -0.1) is 0 Å². The van der Waals surface area contributed by atoms with Crippen LogP contribution in [0.15, 0.2) is 10.6 Å². The number of allylic oxidation sites excluding steroid dienone is 1.